The Morgan fingerprint density at radius 3 is 2.52 bits per heavy atom. The van der Waals surface area contributed by atoms with E-state index in [1.807, 2.05) is 36.4 Å². The summed E-state index contributed by atoms with van der Waals surface area (Å²) in [6.45, 7) is 3.11. The highest BCUT2D eigenvalue weighted by Gasteiger charge is 2.13. The molecule has 5 nitrogen and oxygen atoms in total. The quantitative estimate of drug-likeness (QED) is 0.506. The molecule has 0 N–H and O–H groups in total. The largest absolute Gasteiger partial charge is 0.493 e. The number of carbonyl (C=O) groups is 1. The van der Waals surface area contributed by atoms with Crippen molar-refractivity contribution in [2.75, 3.05) is 45.4 Å². The summed E-state index contributed by atoms with van der Waals surface area (Å²) < 4.78 is 16.8. The number of nitrogens with zero attached hydrogens (tertiary/aromatic N) is 1. The van der Waals surface area contributed by atoms with Gasteiger partial charge in [-0.15, -0.1) is 0 Å². The van der Waals surface area contributed by atoms with Crippen LogP contribution in [0.1, 0.15) is 15.9 Å². The molecule has 2 aromatic carbocycles. The van der Waals surface area contributed by atoms with Crippen LogP contribution in [-0.2, 0) is 4.74 Å². The van der Waals surface area contributed by atoms with Gasteiger partial charge in [0.15, 0.2) is 17.3 Å². The van der Waals surface area contributed by atoms with Gasteiger partial charge in [-0.3, -0.25) is 4.79 Å². The van der Waals surface area contributed by atoms with Gasteiger partial charge in [-0.2, -0.15) is 0 Å². The Balaban J connectivity index is 1.79. The predicted octanol–water partition coefficient (Wildman–Crippen LogP) is 4.20. The second kappa shape index (κ2) is 9.06. The molecule has 0 bridgehead atoms. The number of anilines is 1. The first-order chi connectivity index (χ1) is 13.1. The van der Waals surface area contributed by atoms with Crippen LogP contribution in [-0.4, -0.2) is 46.3 Å². The van der Waals surface area contributed by atoms with Crippen LogP contribution in [0.3, 0.4) is 0 Å². The van der Waals surface area contributed by atoms with Crippen molar-refractivity contribution >= 4 is 33.5 Å². The van der Waals surface area contributed by atoms with Gasteiger partial charge in [-0.1, -0.05) is 28.1 Å². The monoisotopic (exact) mass is 431 g/mol. The molecule has 6 heteroatoms. The van der Waals surface area contributed by atoms with Crippen molar-refractivity contribution in [2.24, 2.45) is 0 Å². The van der Waals surface area contributed by atoms with Crippen LogP contribution < -0.4 is 14.4 Å². The van der Waals surface area contributed by atoms with E-state index < -0.39 is 0 Å². The van der Waals surface area contributed by atoms with Crippen molar-refractivity contribution in [1.82, 2.24) is 0 Å². The number of rotatable bonds is 6. The molecular formula is C21H22BrNO4. The summed E-state index contributed by atoms with van der Waals surface area (Å²) in [5.74, 6) is 1.19. The Kier molecular flexibility index (Phi) is 6.53. The number of ether oxygens (including phenoxy) is 3. The number of ketones is 1. The fraction of sp³-hybridized carbons (Fsp3) is 0.286. The predicted molar refractivity (Wildman–Crippen MR) is 110 cm³/mol. The third-order valence-corrected chi connectivity index (χ3v) is 5.11. The standard InChI is InChI=1S/C21H22BrNO4/c1-25-20-13-15(18(22)14-21(20)26-2)6-7-19(24)16-4-3-5-17(12-16)23-8-10-27-11-9-23/h3-7,12-14H,8-11H2,1-2H3/b7-6+. The van der Waals surface area contributed by atoms with E-state index in [-0.39, 0.29) is 5.78 Å². The number of benzene rings is 2. The molecule has 0 amide bonds. The first kappa shape index (κ1) is 19.5. The summed E-state index contributed by atoms with van der Waals surface area (Å²) in [6.07, 6.45) is 3.35. The zero-order chi connectivity index (χ0) is 19.2. The number of morpholine rings is 1. The van der Waals surface area contributed by atoms with E-state index in [0.717, 1.165) is 28.8 Å². The normalized spacial score (nSPS) is 14.4. The Morgan fingerprint density at radius 2 is 1.81 bits per heavy atom. The summed E-state index contributed by atoms with van der Waals surface area (Å²) in [4.78, 5) is 14.9. The van der Waals surface area contributed by atoms with Crippen LogP contribution in [0.25, 0.3) is 6.08 Å². The maximum Gasteiger partial charge on any atom is 0.185 e. The lowest BCUT2D eigenvalue weighted by Gasteiger charge is -2.29. The van der Waals surface area contributed by atoms with Crippen molar-refractivity contribution in [3.63, 3.8) is 0 Å². The fourth-order valence-corrected chi connectivity index (χ4v) is 3.39. The molecule has 1 aliphatic rings. The molecule has 0 aliphatic carbocycles. The topological polar surface area (TPSA) is 48.0 Å². The maximum atomic E-state index is 12.6. The summed E-state index contributed by atoms with van der Waals surface area (Å²) in [6, 6.07) is 11.4. The van der Waals surface area contributed by atoms with Crippen LogP contribution in [0.4, 0.5) is 5.69 Å². The first-order valence-corrected chi connectivity index (χ1v) is 9.48. The molecular weight excluding hydrogens is 410 g/mol. The lowest BCUT2D eigenvalue weighted by atomic mass is 10.1. The number of hydrogen-bond donors (Lipinski definition) is 0. The molecule has 3 rings (SSSR count). The molecule has 1 saturated heterocycles. The minimum Gasteiger partial charge on any atom is -0.493 e. The number of allylic oxidation sites excluding steroid dienone is 1. The van der Waals surface area contributed by atoms with Gasteiger partial charge in [0.1, 0.15) is 0 Å². The Bertz CT molecular complexity index is 844. The second-order valence-corrected chi connectivity index (χ2v) is 6.93. The third kappa shape index (κ3) is 4.70. The second-order valence-electron chi connectivity index (χ2n) is 6.08. The zero-order valence-electron chi connectivity index (χ0n) is 15.4. The summed E-state index contributed by atoms with van der Waals surface area (Å²) in [7, 11) is 3.17. The van der Waals surface area contributed by atoms with Crippen molar-refractivity contribution in [2.45, 2.75) is 0 Å². The molecule has 0 atom stereocenters. The SMILES string of the molecule is COc1cc(Br)c(/C=C/C(=O)c2cccc(N3CCOCC3)c2)cc1OC. The molecule has 0 spiro atoms. The van der Waals surface area contributed by atoms with Gasteiger partial charge in [-0.05, 0) is 42.0 Å². The van der Waals surface area contributed by atoms with Gasteiger partial charge in [0.05, 0.1) is 27.4 Å². The van der Waals surface area contributed by atoms with Gasteiger partial charge in [0, 0.05) is 28.8 Å². The zero-order valence-corrected chi connectivity index (χ0v) is 17.0. The van der Waals surface area contributed by atoms with Crippen molar-refractivity contribution in [3.05, 3.63) is 58.1 Å². The van der Waals surface area contributed by atoms with E-state index in [1.54, 1.807) is 26.4 Å². The van der Waals surface area contributed by atoms with Crippen molar-refractivity contribution in [1.29, 1.82) is 0 Å². The number of carbonyl (C=O) groups excluding carboxylic acids is 1. The molecule has 1 aliphatic heterocycles. The van der Waals surface area contributed by atoms with Crippen LogP contribution in [0.5, 0.6) is 11.5 Å². The van der Waals surface area contributed by atoms with Gasteiger partial charge < -0.3 is 19.1 Å². The smallest absolute Gasteiger partial charge is 0.185 e. The van der Waals surface area contributed by atoms with E-state index in [1.165, 1.54) is 0 Å². The molecule has 27 heavy (non-hydrogen) atoms. The number of methoxy groups -OCH3 is 2. The summed E-state index contributed by atoms with van der Waals surface area (Å²) >= 11 is 3.50. The fourth-order valence-electron chi connectivity index (χ4n) is 2.94. The van der Waals surface area contributed by atoms with E-state index in [0.29, 0.717) is 30.3 Å². The van der Waals surface area contributed by atoms with Gasteiger partial charge >= 0.3 is 0 Å². The van der Waals surface area contributed by atoms with Crippen LogP contribution in [0.2, 0.25) is 0 Å². The van der Waals surface area contributed by atoms with Crippen LogP contribution in [0, 0.1) is 0 Å². The molecule has 1 heterocycles. The molecule has 0 saturated carbocycles. The van der Waals surface area contributed by atoms with Gasteiger partial charge in [0.2, 0.25) is 0 Å². The third-order valence-electron chi connectivity index (χ3n) is 4.42. The lowest BCUT2D eigenvalue weighted by molar-refractivity contribution is 0.104. The van der Waals surface area contributed by atoms with E-state index >= 15 is 0 Å². The Hall–Kier alpha value is -2.31. The molecule has 0 unspecified atom stereocenters. The summed E-state index contributed by atoms with van der Waals surface area (Å²) in [5, 5.41) is 0. The summed E-state index contributed by atoms with van der Waals surface area (Å²) in [5.41, 5.74) is 2.54. The highest BCUT2D eigenvalue weighted by Crippen LogP contribution is 2.34. The minimum atomic E-state index is -0.0493. The van der Waals surface area contributed by atoms with Crippen molar-refractivity contribution < 1.29 is 19.0 Å². The lowest BCUT2D eigenvalue weighted by Crippen LogP contribution is -2.36. The molecule has 1 fully saturated rings. The van der Waals surface area contributed by atoms with E-state index in [4.69, 9.17) is 14.2 Å². The molecule has 0 aromatic heterocycles. The van der Waals surface area contributed by atoms with Crippen LogP contribution in [0.15, 0.2) is 46.9 Å². The molecule has 0 radical (unpaired) electrons. The highest BCUT2D eigenvalue weighted by atomic mass is 79.9. The molecule has 2 aromatic rings. The van der Waals surface area contributed by atoms with E-state index in [2.05, 4.69) is 20.8 Å². The van der Waals surface area contributed by atoms with E-state index in [9.17, 15) is 4.79 Å². The van der Waals surface area contributed by atoms with Crippen LogP contribution >= 0.6 is 15.9 Å². The highest BCUT2D eigenvalue weighted by molar-refractivity contribution is 9.10. The minimum absolute atomic E-state index is 0.0493. The number of halogens is 1. The maximum absolute atomic E-state index is 12.6. The Labute approximate surface area is 167 Å². The first-order valence-electron chi connectivity index (χ1n) is 8.69. The van der Waals surface area contributed by atoms with Gasteiger partial charge in [0.25, 0.3) is 0 Å². The number of hydrogen-bond acceptors (Lipinski definition) is 5. The van der Waals surface area contributed by atoms with Gasteiger partial charge in [-0.25, -0.2) is 0 Å². The Morgan fingerprint density at radius 1 is 1.11 bits per heavy atom. The average molecular weight is 432 g/mol. The van der Waals surface area contributed by atoms with Crippen molar-refractivity contribution in [3.8, 4) is 11.5 Å². The molecule has 142 valence electrons. The average Bonchev–Trinajstić information content (AvgIpc) is 2.73.